The number of nitrogens with zero attached hydrogens (tertiary/aromatic N) is 5. The van der Waals surface area contributed by atoms with Gasteiger partial charge in [-0.05, 0) is 26.0 Å². The van der Waals surface area contributed by atoms with E-state index in [0.29, 0.717) is 22.6 Å². The Morgan fingerprint density at radius 3 is 2.67 bits per heavy atom. The Bertz CT molecular complexity index is 1330. The highest BCUT2D eigenvalue weighted by Gasteiger charge is 2.21. The van der Waals surface area contributed by atoms with Gasteiger partial charge in [-0.3, -0.25) is 22.9 Å². The van der Waals surface area contributed by atoms with Gasteiger partial charge in [0, 0.05) is 25.5 Å². The van der Waals surface area contributed by atoms with E-state index < -0.39 is 11.2 Å². The zero-order valence-corrected chi connectivity index (χ0v) is 15.2. The molecule has 0 aliphatic carbocycles. The Labute approximate surface area is 153 Å². The van der Waals surface area contributed by atoms with Crippen molar-refractivity contribution < 1.29 is 5.11 Å². The van der Waals surface area contributed by atoms with E-state index in [2.05, 4.69) is 4.98 Å². The molecule has 3 aromatic heterocycles. The van der Waals surface area contributed by atoms with E-state index in [1.54, 1.807) is 52.6 Å². The summed E-state index contributed by atoms with van der Waals surface area (Å²) in [7, 11) is 1.60. The number of phenolic OH excluding ortho intramolecular Hbond substituents is 1. The first kappa shape index (κ1) is 16.9. The Morgan fingerprint density at radius 1 is 1.22 bits per heavy atom. The van der Waals surface area contributed by atoms with Gasteiger partial charge in [-0.1, -0.05) is 24.3 Å². The molecule has 8 heteroatoms. The van der Waals surface area contributed by atoms with Gasteiger partial charge in [0.25, 0.3) is 5.56 Å². The third kappa shape index (κ3) is 2.33. The van der Waals surface area contributed by atoms with E-state index in [0.717, 1.165) is 5.69 Å². The number of aryl methyl sites for hydroxylation is 2. The Morgan fingerprint density at radius 2 is 1.96 bits per heavy atom. The number of hydrogen-bond acceptors (Lipinski definition) is 4. The van der Waals surface area contributed by atoms with Crippen LogP contribution in [0.3, 0.4) is 0 Å². The molecule has 138 valence electrons. The van der Waals surface area contributed by atoms with Gasteiger partial charge in [0.1, 0.15) is 5.75 Å². The van der Waals surface area contributed by atoms with Crippen LogP contribution in [0.1, 0.15) is 12.6 Å². The molecular formula is C19H19N5O3. The minimum atomic E-state index is -0.419. The summed E-state index contributed by atoms with van der Waals surface area (Å²) in [6, 6.07) is 6.91. The number of hydrogen-bond donors (Lipinski definition) is 1. The van der Waals surface area contributed by atoms with Gasteiger partial charge in [-0.2, -0.15) is 4.98 Å². The summed E-state index contributed by atoms with van der Waals surface area (Å²) >= 11 is 0. The van der Waals surface area contributed by atoms with Gasteiger partial charge in [-0.15, -0.1) is 0 Å². The summed E-state index contributed by atoms with van der Waals surface area (Å²) in [6.07, 6.45) is 5.33. The van der Waals surface area contributed by atoms with E-state index in [1.165, 1.54) is 9.13 Å². The molecule has 0 saturated carbocycles. The topological polar surface area (TPSA) is 86.5 Å². The lowest BCUT2D eigenvalue weighted by molar-refractivity contribution is 0.472. The molecule has 0 bridgehead atoms. The summed E-state index contributed by atoms with van der Waals surface area (Å²) in [5, 5.41) is 10.2. The minimum absolute atomic E-state index is 0.102. The molecule has 0 radical (unpaired) electrons. The van der Waals surface area contributed by atoms with Crippen molar-refractivity contribution in [3.63, 3.8) is 0 Å². The summed E-state index contributed by atoms with van der Waals surface area (Å²) in [5.74, 6) is 0.560. The fourth-order valence-corrected chi connectivity index (χ4v) is 3.33. The second-order valence-corrected chi connectivity index (χ2v) is 6.38. The molecule has 3 heterocycles. The lowest BCUT2D eigenvalue weighted by Gasteiger charge is -2.07. The predicted molar refractivity (Wildman–Crippen MR) is 103 cm³/mol. The molecule has 0 spiro atoms. The summed E-state index contributed by atoms with van der Waals surface area (Å²) in [5.41, 5.74) is 1.17. The van der Waals surface area contributed by atoms with Crippen molar-refractivity contribution in [1.29, 1.82) is 0 Å². The minimum Gasteiger partial charge on any atom is -0.506 e. The van der Waals surface area contributed by atoms with Crippen molar-refractivity contribution >= 4 is 16.9 Å². The van der Waals surface area contributed by atoms with Crippen molar-refractivity contribution in [3.05, 3.63) is 69.1 Å². The van der Waals surface area contributed by atoms with Gasteiger partial charge in [-0.25, -0.2) is 4.79 Å². The molecule has 0 saturated heterocycles. The standard InChI is InChI=1S/C19H19N5O3/c1-4-5-10-22-17(26)15-16(21(3)19(22)27)20-18-23(15)11-12(2)24(18)13-8-6-7-9-14(13)25/h4-9,11,25H,10H2,1-3H3/b5-4+. The van der Waals surface area contributed by atoms with E-state index >= 15 is 0 Å². The molecule has 4 aromatic rings. The number of fused-ring (bicyclic) bond motifs is 3. The third-order valence-electron chi connectivity index (χ3n) is 4.67. The molecule has 1 aromatic carbocycles. The lowest BCUT2D eigenvalue weighted by atomic mass is 10.3. The molecule has 0 aliphatic rings. The van der Waals surface area contributed by atoms with Crippen molar-refractivity contribution in [2.45, 2.75) is 20.4 Å². The number of phenols is 1. The highest BCUT2D eigenvalue weighted by Crippen LogP contribution is 2.26. The van der Waals surface area contributed by atoms with Crippen LogP contribution < -0.4 is 11.2 Å². The van der Waals surface area contributed by atoms with Crippen molar-refractivity contribution in [2.75, 3.05) is 0 Å². The molecule has 0 fully saturated rings. The van der Waals surface area contributed by atoms with E-state index in [9.17, 15) is 14.7 Å². The maximum absolute atomic E-state index is 13.0. The number of aromatic nitrogens is 5. The monoisotopic (exact) mass is 365 g/mol. The van der Waals surface area contributed by atoms with Crippen LogP contribution in [0.4, 0.5) is 0 Å². The van der Waals surface area contributed by atoms with Gasteiger partial charge >= 0.3 is 5.69 Å². The highest BCUT2D eigenvalue weighted by molar-refractivity contribution is 5.76. The predicted octanol–water partition coefficient (Wildman–Crippen LogP) is 1.73. The van der Waals surface area contributed by atoms with E-state index in [4.69, 9.17) is 0 Å². The largest absolute Gasteiger partial charge is 0.506 e. The Kier molecular flexibility index (Phi) is 3.76. The van der Waals surface area contributed by atoms with Crippen molar-refractivity contribution in [1.82, 2.24) is 23.1 Å². The number of allylic oxidation sites excluding steroid dienone is 2. The van der Waals surface area contributed by atoms with Crippen LogP contribution in [0, 0.1) is 6.92 Å². The summed E-state index contributed by atoms with van der Waals surface area (Å²) in [4.78, 5) is 30.1. The van der Waals surface area contributed by atoms with Crippen LogP contribution in [0.5, 0.6) is 5.75 Å². The van der Waals surface area contributed by atoms with Crippen LogP contribution >= 0.6 is 0 Å². The zero-order valence-electron chi connectivity index (χ0n) is 15.2. The second kappa shape index (κ2) is 6.01. The molecule has 1 N–H and O–H groups in total. The first-order valence-electron chi connectivity index (χ1n) is 8.55. The van der Waals surface area contributed by atoms with Gasteiger partial charge in [0.15, 0.2) is 11.2 Å². The summed E-state index contributed by atoms with van der Waals surface area (Å²) in [6.45, 7) is 3.90. The molecule has 4 rings (SSSR count). The van der Waals surface area contributed by atoms with Crippen LogP contribution in [0.15, 0.2) is 52.2 Å². The third-order valence-corrected chi connectivity index (χ3v) is 4.67. The number of imidazole rings is 2. The van der Waals surface area contributed by atoms with E-state index in [-0.39, 0.29) is 12.3 Å². The zero-order chi connectivity index (χ0) is 19.3. The van der Waals surface area contributed by atoms with Crippen molar-refractivity contribution in [2.24, 2.45) is 7.05 Å². The normalized spacial score (nSPS) is 12.0. The maximum Gasteiger partial charge on any atom is 0.332 e. The maximum atomic E-state index is 13.0. The quantitative estimate of drug-likeness (QED) is 0.560. The van der Waals surface area contributed by atoms with E-state index in [1.807, 2.05) is 19.9 Å². The molecular weight excluding hydrogens is 346 g/mol. The molecule has 0 unspecified atom stereocenters. The number of para-hydroxylation sites is 2. The van der Waals surface area contributed by atoms with Crippen LogP contribution in [-0.2, 0) is 13.6 Å². The SMILES string of the molecule is C/C=C/Cn1c(=O)c2c(nc3n(-c4ccccc4O)c(C)cn23)n(C)c1=O. The lowest BCUT2D eigenvalue weighted by Crippen LogP contribution is -2.39. The average molecular weight is 365 g/mol. The Balaban J connectivity index is 2.14. The van der Waals surface area contributed by atoms with Crippen LogP contribution in [0.25, 0.3) is 22.6 Å². The second-order valence-electron chi connectivity index (χ2n) is 6.38. The fourth-order valence-electron chi connectivity index (χ4n) is 3.33. The average Bonchev–Trinajstić information content (AvgIpc) is 3.15. The molecule has 0 amide bonds. The molecule has 0 atom stereocenters. The van der Waals surface area contributed by atoms with Crippen molar-refractivity contribution in [3.8, 4) is 11.4 Å². The first-order valence-corrected chi connectivity index (χ1v) is 8.55. The molecule has 0 aliphatic heterocycles. The van der Waals surface area contributed by atoms with Gasteiger partial charge < -0.3 is 5.11 Å². The highest BCUT2D eigenvalue weighted by atomic mass is 16.3. The number of rotatable bonds is 3. The molecule has 8 nitrogen and oxygen atoms in total. The summed E-state index contributed by atoms with van der Waals surface area (Å²) < 4.78 is 5.99. The fraction of sp³-hybridized carbons (Fsp3) is 0.211. The Hall–Kier alpha value is -3.55. The number of benzene rings is 1. The van der Waals surface area contributed by atoms with Crippen LogP contribution in [-0.4, -0.2) is 28.2 Å². The first-order chi connectivity index (χ1) is 13.0. The smallest absolute Gasteiger partial charge is 0.332 e. The van der Waals surface area contributed by atoms with Gasteiger partial charge in [0.05, 0.1) is 5.69 Å². The van der Waals surface area contributed by atoms with Gasteiger partial charge in [0.2, 0.25) is 5.78 Å². The number of aromatic hydroxyl groups is 1. The molecule has 27 heavy (non-hydrogen) atoms. The van der Waals surface area contributed by atoms with Crippen LogP contribution in [0.2, 0.25) is 0 Å².